The van der Waals surface area contributed by atoms with Crippen LogP contribution in [0.5, 0.6) is 0 Å². The molecule has 1 aliphatic heterocycles. The maximum Gasteiger partial charge on any atom is 0.254 e. The van der Waals surface area contributed by atoms with Gasteiger partial charge < -0.3 is 9.64 Å². The summed E-state index contributed by atoms with van der Waals surface area (Å²) >= 11 is 5.79. The predicted molar refractivity (Wildman–Crippen MR) is 72.3 cm³/mol. The second kappa shape index (κ2) is 5.72. The van der Waals surface area contributed by atoms with E-state index in [9.17, 15) is 4.79 Å². The molecule has 18 heavy (non-hydrogen) atoms. The Morgan fingerprint density at radius 1 is 1.50 bits per heavy atom. The van der Waals surface area contributed by atoms with Gasteiger partial charge >= 0.3 is 0 Å². The Kier molecular flexibility index (Phi) is 4.25. The molecule has 0 N–H and O–H groups in total. The van der Waals surface area contributed by atoms with E-state index in [2.05, 4.69) is 0 Å². The van der Waals surface area contributed by atoms with Crippen LogP contribution < -0.4 is 0 Å². The van der Waals surface area contributed by atoms with Gasteiger partial charge in [0.05, 0.1) is 18.6 Å². The van der Waals surface area contributed by atoms with Gasteiger partial charge in [-0.25, -0.2) is 0 Å². The zero-order valence-corrected chi connectivity index (χ0v) is 11.5. The fourth-order valence-corrected chi connectivity index (χ4v) is 2.32. The van der Waals surface area contributed by atoms with Crippen LogP contribution in [0, 0.1) is 13.8 Å². The van der Waals surface area contributed by atoms with E-state index in [1.807, 2.05) is 36.9 Å². The summed E-state index contributed by atoms with van der Waals surface area (Å²) in [6.45, 7) is 5.74. The van der Waals surface area contributed by atoms with Crippen molar-refractivity contribution >= 4 is 17.5 Å². The largest absolute Gasteiger partial charge is 0.373 e. The predicted octanol–water partition coefficient (Wildman–Crippen LogP) is 2.38. The van der Waals surface area contributed by atoms with Crippen LogP contribution in [0.15, 0.2) is 18.2 Å². The number of morpholine rings is 1. The highest BCUT2D eigenvalue weighted by molar-refractivity contribution is 6.18. The van der Waals surface area contributed by atoms with Crippen molar-refractivity contribution in [3.05, 3.63) is 34.9 Å². The number of carbonyl (C=O) groups excluding carboxylic acids is 1. The zero-order chi connectivity index (χ0) is 13.1. The van der Waals surface area contributed by atoms with E-state index in [-0.39, 0.29) is 12.0 Å². The third kappa shape index (κ3) is 2.85. The Labute approximate surface area is 113 Å². The highest BCUT2D eigenvalue weighted by Crippen LogP contribution is 2.16. The lowest BCUT2D eigenvalue weighted by molar-refractivity contribution is -0.0108. The number of halogens is 1. The molecule has 1 heterocycles. The van der Waals surface area contributed by atoms with Gasteiger partial charge in [-0.2, -0.15) is 0 Å². The molecule has 0 spiro atoms. The molecule has 1 atom stereocenters. The summed E-state index contributed by atoms with van der Waals surface area (Å²) in [6.07, 6.45) is -0.0468. The number of nitrogens with zero attached hydrogens (tertiary/aromatic N) is 1. The lowest BCUT2D eigenvalue weighted by Crippen LogP contribution is -2.46. The number of rotatable bonds is 2. The molecule has 1 aliphatic rings. The highest BCUT2D eigenvalue weighted by Gasteiger charge is 2.25. The van der Waals surface area contributed by atoms with E-state index in [1.54, 1.807) is 0 Å². The lowest BCUT2D eigenvalue weighted by Gasteiger charge is -2.32. The van der Waals surface area contributed by atoms with Crippen LogP contribution in [0.4, 0.5) is 0 Å². The van der Waals surface area contributed by atoms with Crippen LogP contribution in [-0.2, 0) is 4.74 Å². The fraction of sp³-hybridized carbons (Fsp3) is 0.500. The normalized spacial score (nSPS) is 19.9. The number of ether oxygens (including phenoxy) is 1. The van der Waals surface area contributed by atoms with Crippen LogP contribution >= 0.6 is 11.6 Å². The number of hydrogen-bond acceptors (Lipinski definition) is 2. The second-order valence-electron chi connectivity index (χ2n) is 4.72. The molecule has 1 amide bonds. The molecular weight excluding hydrogens is 250 g/mol. The first-order valence-electron chi connectivity index (χ1n) is 6.16. The lowest BCUT2D eigenvalue weighted by atomic mass is 10.0. The third-order valence-electron chi connectivity index (χ3n) is 3.22. The molecule has 1 fully saturated rings. The minimum absolute atomic E-state index is 0.0468. The Morgan fingerprint density at radius 2 is 2.28 bits per heavy atom. The molecule has 2 rings (SSSR count). The van der Waals surface area contributed by atoms with Crippen LogP contribution in [0.1, 0.15) is 21.5 Å². The molecule has 0 aliphatic carbocycles. The van der Waals surface area contributed by atoms with Crippen molar-refractivity contribution in [1.82, 2.24) is 4.90 Å². The smallest absolute Gasteiger partial charge is 0.254 e. The number of alkyl halides is 1. The van der Waals surface area contributed by atoms with Gasteiger partial charge in [0, 0.05) is 18.7 Å². The maximum absolute atomic E-state index is 12.5. The van der Waals surface area contributed by atoms with E-state index < -0.39 is 0 Å². The van der Waals surface area contributed by atoms with E-state index >= 15 is 0 Å². The van der Waals surface area contributed by atoms with Crippen molar-refractivity contribution in [2.24, 2.45) is 0 Å². The molecule has 1 saturated heterocycles. The molecule has 1 aromatic rings. The van der Waals surface area contributed by atoms with Crippen molar-refractivity contribution in [1.29, 1.82) is 0 Å². The number of aryl methyl sites for hydroxylation is 2. The summed E-state index contributed by atoms with van der Waals surface area (Å²) in [6, 6.07) is 5.96. The average Bonchev–Trinajstić information content (AvgIpc) is 2.41. The quantitative estimate of drug-likeness (QED) is 0.770. The molecular formula is C14H18ClNO2. The summed E-state index contributed by atoms with van der Waals surface area (Å²) in [5, 5.41) is 0. The Bertz CT molecular complexity index is 447. The van der Waals surface area contributed by atoms with Crippen LogP contribution in [0.25, 0.3) is 0 Å². The third-order valence-corrected chi connectivity index (χ3v) is 3.57. The van der Waals surface area contributed by atoms with Gasteiger partial charge in [0.25, 0.3) is 5.91 Å². The van der Waals surface area contributed by atoms with Crippen molar-refractivity contribution < 1.29 is 9.53 Å². The van der Waals surface area contributed by atoms with E-state index in [1.165, 1.54) is 0 Å². The zero-order valence-electron chi connectivity index (χ0n) is 10.8. The van der Waals surface area contributed by atoms with Crippen molar-refractivity contribution in [2.45, 2.75) is 20.0 Å². The van der Waals surface area contributed by atoms with Crippen LogP contribution in [0.3, 0.4) is 0 Å². The van der Waals surface area contributed by atoms with Gasteiger partial charge in [0.1, 0.15) is 0 Å². The molecule has 1 aromatic carbocycles. The summed E-state index contributed by atoms with van der Waals surface area (Å²) < 4.78 is 5.47. The second-order valence-corrected chi connectivity index (χ2v) is 5.03. The van der Waals surface area contributed by atoms with Crippen molar-refractivity contribution in [3.8, 4) is 0 Å². The number of benzene rings is 1. The highest BCUT2D eigenvalue weighted by atomic mass is 35.5. The topological polar surface area (TPSA) is 29.5 Å². The first-order valence-corrected chi connectivity index (χ1v) is 6.69. The van der Waals surface area contributed by atoms with Gasteiger partial charge in [0.2, 0.25) is 0 Å². The SMILES string of the molecule is Cc1ccc(C)c(C(=O)N2CCOC(CCl)C2)c1. The number of carbonyl (C=O) groups is 1. The van der Waals surface area contributed by atoms with E-state index in [4.69, 9.17) is 16.3 Å². The molecule has 0 saturated carbocycles. The van der Waals surface area contributed by atoms with Gasteiger partial charge in [-0.1, -0.05) is 17.7 Å². The van der Waals surface area contributed by atoms with Crippen molar-refractivity contribution in [3.63, 3.8) is 0 Å². The molecule has 0 bridgehead atoms. The van der Waals surface area contributed by atoms with E-state index in [0.717, 1.165) is 16.7 Å². The van der Waals surface area contributed by atoms with Gasteiger partial charge in [-0.3, -0.25) is 4.79 Å². The van der Waals surface area contributed by atoms with Gasteiger partial charge in [-0.15, -0.1) is 11.6 Å². The number of hydrogen-bond donors (Lipinski definition) is 0. The van der Waals surface area contributed by atoms with Gasteiger partial charge in [0.15, 0.2) is 0 Å². The Morgan fingerprint density at radius 3 is 3.00 bits per heavy atom. The minimum atomic E-state index is -0.0468. The summed E-state index contributed by atoms with van der Waals surface area (Å²) in [5.74, 6) is 0.506. The first kappa shape index (κ1) is 13.4. The number of amides is 1. The molecule has 3 nitrogen and oxygen atoms in total. The average molecular weight is 268 g/mol. The molecule has 4 heteroatoms. The molecule has 98 valence electrons. The van der Waals surface area contributed by atoms with Crippen LogP contribution in [-0.4, -0.2) is 42.5 Å². The maximum atomic E-state index is 12.5. The van der Waals surface area contributed by atoms with Crippen LogP contribution in [0.2, 0.25) is 0 Å². The summed E-state index contributed by atoms with van der Waals surface area (Å²) in [7, 11) is 0. The minimum Gasteiger partial charge on any atom is -0.373 e. The fourth-order valence-electron chi connectivity index (χ4n) is 2.13. The van der Waals surface area contributed by atoms with Gasteiger partial charge in [-0.05, 0) is 25.5 Å². The summed E-state index contributed by atoms with van der Waals surface area (Å²) in [4.78, 5) is 14.3. The Hall–Kier alpha value is -1.06. The molecule has 1 unspecified atom stereocenters. The monoisotopic (exact) mass is 267 g/mol. The van der Waals surface area contributed by atoms with E-state index in [0.29, 0.717) is 25.6 Å². The van der Waals surface area contributed by atoms with Crippen molar-refractivity contribution in [2.75, 3.05) is 25.6 Å². The summed E-state index contributed by atoms with van der Waals surface area (Å²) in [5.41, 5.74) is 2.90. The Balaban J connectivity index is 2.17. The standard InChI is InChI=1S/C14H18ClNO2/c1-10-3-4-11(2)13(7-10)14(17)16-5-6-18-12(8-15)9-16/h3-4,7,12H,5-6,8-9H2,1-2H3. The molecule has 0 radical (unpaired) electrons. The molecule has 0 aromatic heterocycles. The first-order chi connectivity index (χ1) is 8.61.